The lowest BCUT2D eigenvalue weighted by Crippen LogP contribution is -2.44. The van der Waals surface area contributed by atoms with Crippen molar-refractivity contribution in [3.05, 3.63) is 0 Å². The van der Waals surface area contributed by atoms with E-state index in [9.17, 15) is 4.79 Å². The summed E-state index contributed by atoms with van der Waals surface area (Å²) in [6, 6.07) is 0. The normalized spacial score (nSPS) is 21.4. The molecule has 2 saturated heterocycles. The second kappa shape index (κ2) is 8.39. The molecule has 0 aromatic heterocycles. The predicted octanol–water partition coefficient (Wildman–Crippen LogP) is 1.66. The lowest BCUT2D eigenvalue weighted by molar-refractivity contribution is -0.130. The number of likely N-dealkylation sites (tertiary alicyclic amines) is 1. The smallest absolute Gasteiger partial charge is 0.232 e. The largest absolute Gasteiger partial charge is 0.342 e. The highest BCUT2D eigenvalue weighted by molar-refractivity contribution is 7.99. The van der Waals surface area contributed by atoms with Gasteiger partial charge in [-0.25, -0.2) is 0 Å². The van der Waals surface area contributed by atoms with Crippen LogP contribution in [0.2, 0.25) is 0 Å². The molecule has 4 nitrogen and oxygen atoms in total. The van der Waals surface area contributed by atoms with Gasteiger partial charge in [0.1, 0.15) is 0 Å². The van der Waals surface area contributed by atoms with Crippen LogP contribution in [0.15, 0.2) is 0 Å². The summed E-state index contributed by atoms with van der Waals surface area (Å²) in [7, 11) is 0. The Kier molecular flexibility index (Phi) is 6.83. The summed E-state index contributed by atoms with van der Waals surface area (Å²) in [6.45, 7) is 12.0. The Morgan fingerprint density at radius 3 is 2.52 bits per heavy atom. The third kappa shape index (κ3) is 4.86. The third-order valence-corrected chi connectivity index (χ3v) is 6.10. The highest BCUT2D eigenvalue weighted by atomic mass is 32.2. The predicted molar refractivity (Wildman–Crippen MR) is 90.8 cm³/mol. The Balaban J connectivity index is 1.61. The van der Waals surface area contributed by atoms with E-state index in [2.05, 4.69) is 29.0 Å². The Morgan fingerprint density at radius 2 is 1.95 bits per heavy atom. The number of nitrogens with zero attached hydrogens (tertiary/aromatic N) is 2. The van der Waals surface area contributed by atoms with Gasteiger partial charge in [-0.05, 0) is 44.3 Å². The number of piperidine rings is 1. The average Bonchev–Trinajstić information content (AvgIpc) is 2.96. The van der Waals surface area contributed by atoms with Crippen molar-refractivity contribution in [1.29, 1.82) is 0 Å². The van der Waals surface area contributed by atoms with E-state index in [1.54, 1.807) is 11.8 Å². The van der Waals surface area contributed by atoms with Gasteiger partial charge in [0, 0.05) is 31.9 Å². The van der Waals surface area contributed by atoms with Gasteiger partial charge in [0.15, 0.2) is 0 Å². The molecule has 122 valence electrons. The fourth-order valence-corrected chi connectivity index (χ4v) is 4.33. The quantitative estimate of drug-likeness (QED) is 0.725. The first-order chi connectivity index (χ1) is 10.2. The zero-order chi connectivity index (χ0) is 15.1. The molecular formula is C16H31N3OS. The summed E-state index contributed by atoms with van der Waals surface area (Å²) in [4.78, 5) is 16.8. The molecule has 1 N–H and O–H groups in total. The molecule has 0 aliphatic carbocycles. The van der Waals surface area contributed by atoms with Gasteiger partial charge in [-0.15, -0.1) is 0 Å². The summed E-state index contributed by atoms with van der Waals surface area (Å²) < 4.78 is 0. The topological polar surface area (TPSA) is 35.6 Å². The van der Waals surface area contributed by atoms with Crippen LogP contribution in [0.1, 0.15) is 33.1 Å². The fourth-order valence-electron chi connectivity index (χ4n) is 3.44. The first-order valence-corrected chi connectivity index (χ1v) is 9.63. The van der Waals surface area contributed by atoms with Crippen LogP contribution in [-0.2, 0) is 4.79 Å². The molecule has 5 heteroatoms. The van der Waals surface area contributed by atoms with Crippen molar-refractivity contribution < 1.29 is 4.79 Å². The minimum Gasteiger partial charge on any atom is -0.342 e. The zero-order valence-electron chi connectivity index (χ0n) is 13.7. The standard InChI is InChI=1S/C16H31N3OS/c1-3-18(4-2)11-12-21-13-15(20)19-9-6-16(7-10-19)5-8-17-14-16/h17H,3-14H2,1-2H3. The fraction of sp³-hybridized carbons (Fsp3) is 0.938. The van der Waals surface area contributed by atoms with E-state index < -0.39 is 0 Å². The molecule has 2 heterocycles. The summed E-state index contributed by atoms with van der Waals surface area (Å²) in [5, 5.41) is 3.48. The SMILES string of the molecule is CCN(CC)CCSCC(=O)N1CCC2(CCNC2)CC1. The van der Waals surface area contributed by atoms with Gasteiger partial charge in [-0.3, -0.25) is 4.79 Å². The number of hydrogen-bond acceptors (Lipinski definition) is 4. The molecule has 0 unspecified atom stereocenters. The number of hydrogen-bond donors (Lipinski definition) is 1. The maximum absolute atomic E-state index is 12.3. The van der Waals surface area contributed by atoms with Crippen LogP contribution < -0.4 is 5.32 Å². The number of carbonyl (C=O) groups excluding carboxylic acids is 1. The molecule has 0 bridgehead atoms. The van der Waals surface area contributed by atoms with Crippen molar-refractivity contribution >= 4 is 17.7 Å². The van der Waals surface area contributed by atoms with Crippen molar-refractivity contribution in [2.24, 2.45) is 5.41 Å². The van der Waals surface area contributed by atoms with Crippen LogP contribution in [0.25, 0.3) is 0 Å². The van der Waals surface area contributed by atoms with Gasteiger partial charge in [0.2, 0.25) is 5.91 Å². The average molecular weight is 314 g/mol. The number of carbonyl (C=O) groups is 1. The molecule has 0 atom stereocenters. The van der Waals surface area contributed by atoms with Gasteiger partial charge in [0.05, 0.1) is 5.75 Å². The van der Waals surface area contributed by atoms with Crippen molar-refractivity contribution in [2.45, 2.75) is 33.1 Å². The van der Waals surface area contributed by atoms with Crippen LogP contribution in [-0.4, -0.2) is 73.0 Å². The molecule has 1 amide bonds. The van der Waals surface area contributed by atoms with E-state index in [0.717, 1.165) is 51.6 Å². The monoisotopic (exact) mass is 313 g/mol. The minimum atomic E-state index is 0.348. The third-order valence-electron chi connectivity index (χ3n) is 5.18. The van der Waals surface area contributed by atoms with Gasteiger partial charge in [-0.1, -0.05) is 13.8 Å². The minimum absolute atomic E-state index is 0.348. The van der Waals surface area contributed by atoms with Crippen molar-refractivity contribution in [3.63, 3.8) is 0 Å². The second-order valence-electron chi connectivity index (χ2n) is 6.39. The summed E-state index contributed by atoms with van der Waals surface area (Å²) >= 11 is 1.79. The molecular weight excluding hydrogens is 282 g/mol. The Hall–Kier alpha value is -0.260. The molecule has 0 aromatic carbocycles. The number of amides is 1. The molecule has 0 radical (unpaired) electrons. The number of nitrogens with one attached hydrogen (secondary N) is 1. The van der Waals surface area contributed by atoms with Gasteiger partial charge in [-0.2, -0.15) is 11.8 Å². The summed E-state index contributed by atoms with van der Waals surface area (Å²) in [5.74, 6) is 2.07. The molecule has 1 spiro atoms. The lowest BCUT2D eigenvalue weighted by Gasteiger charge is -2.38. The molecule has 2 fully saturated rings. The molecule has 0 aromatic rings. The summed E-state index contributed by atoms with van der Waals surface area (Å²) in [6.07, 6.45) is 3.68. The van der Waals surface area contributed by atoms with E-state index in [0.29, 0.717) is 17.1 Å². The maximum Gasteiger partial charge on any atom is 0.232 e. The van der Waals surface area contributed by atoms with Crippen molar-refractivity contribution in [3.8, 4) is 0 Å². The van der Waals surface area contributed by atoms with Gasteiger partial charge < -0.3 is 15.1 Å². The van der Waals surface area contributed by atoms with Gasteiger partial charge >= 0.3 is 0 Å². The van der Waals surface area contributed by atoms with E-state index in [-0.39, 0.29) is 0 Å². The van der Waals surface area contributed by atoms with Gasteiger partial charge in [0.25, 0.3) is 0 Å². The molecule has 2 aliphatic rings. The van der Waals surface area contributed by atoms with Crippen molar-refractivity contribution in [2.75, 3.05) is 57.3 Å². The molecule has 0 saturated carbocycles. The Morgan fingerprint density at radius 1 is 1.24 bits per heavy atom. The highest BCUT2D eigenvalue weighted by Gasteiger charge is 2.37. The van der Waals surface area contributed by atoms with E-state index in [1.807, 2.05) is 0 Å². The maximum atomic E-state index is 12.3. The first-order valence-electron chi connectivity index (χ1n) is 8.48. The van der Waals surface area contributed by atoms with E-state index in [1.165, 1.54) is 19.3 Å². The van der Waals surface area contributed by atoms with Crippen LogP contribution in [0.3, 0.4) is 0 Å². The van der Waals surface area contributed by atoms with Crippen LogP contribution in [0, 0.1) is 5.41 Å². The first kappa shape index (κ1) is 17.1. The molecule has 21 heavy (non-hydrogen) atoms. The Labute approximate surface area is 134 Å². The number of thioether (sulfide) groups is 1. The van der Waals surface area contributed by atoms with E-state index in [4.69, 9.17) is 0 Å². The Bertz CT molecular complexity index is 317. The highest BCUT2D eigenvalue weighted by Crippen LogP contribution is 2.36. The molecule has 2 aliphatic heterocycles. The summed E-state index contributed by atoms with van der Waals surface area (Å²) in [5.41, 5.74) is 0.507. The van der Waals surface area contributed by atoms with Crippen molar-refractivity contribution in [1.82, 2.24) is 15.1 Å². The second-order valence-corrected chi connectivity index (χ2v) is 7.49. The number of rotatable bonds is 7. The molecule has 2 rings (SSSR count). The van der Waals surface area contributed by atoms with Crippen LogP contribution in [0.4, 0.5) is 0 Å². The van der Waals surface area contributed by atoms with E-state index >= 15 is 0 Å². The zero-order valence-corrected chi connectivity index (χ0v) is 14.5. The lowest BCUT2D eigenvalue weighted by atomic mass is 9.78. The van der Waals surface area contributed by atoms with Crippen LogP contribution >= 0.6 is 11.8 Å². The van der Waals surface area contributed by atoms with Crippen LogP contribution in [0.5, 0.6) is 0 Å².